The van der Waals surface area contributed by atoms with Crippen LogP contribution in [0.4, 0.5) is 0 Å². The molecule has 0 aromatic carbocycles. The molecule has 1 amide bonds. The maximum Gasteiger partial charge on any atom is 0.233 e. The summed E-state index contributed by atoms with van der Waals surface area (Å²) in [5.41, 5.74) is 7.07. The number of nitrogens with one attached hydrogen (secondary N) is 1. The van der Waals surface area contributed by atoms with Gasteiger partial charge < -0.3 is 11.1 Å². The zero-order chi connectivity index (χ0) is 12.6. The quantitative estimate of drug-likeness (QED) is 0.761. The third-order valence-corrected chi connectivity index (χ3v) is 3.82. The molecule has 6 heteroatoms. The zero-order valence-corrected chi connectivity index (χ0v) is 10.8. The fourth-order valence-corrected chi connectivity index (χ4v) is 2.07. The first kappa shape index (κ1) is 12.0. The monoisotopic (exact) mass is 252 g/mol. The molecule has 5 nitrogen and oxygen atoms in total. The largest absolute Gasteiger partial charge is 0.392 e. The molecule has 1 saturated carbocycles. The number of hydrogen-bond acceptors (Lipinski definition) is 3. The minimum absolute atomic E-state index is 0.0618. The highest BCUT2D eigenvalue weighted by molar-refractivity contribution is 7.80. The lowest BCUT2D eigenvalue weighted by Crippen LogP contribution is -2.39. The molecular formula is C11H16N4OS. The summed E-state index contributed by atoms with van der Waals surface area (Å²) in [6.45, 7) is 2.44. The minimum Gasteiger partial charge on any atom is -0.392 e. The van der Waals surface area contributed by atoms with E-state index in [0.29, 0.717) is 11.5 Å². The highest BCUT2D eigenvalue weighted by Crippen LogP contribution is 2.46. The van der Waals surface area contributed by atoms with E-state index >= 15 is 0 Å². The average Bonchev–Trinajstić information content (AvgIpc) is 3.03. The van der Waals surface area contributed by atoms with Crippen molar-refractivity contribution < 1.29 is 4.79 Å². The molecule has 0 unspecified atom stereocenters. The van der Waals surface area contributed by atoms with Crippen molar-refractivity contribution in [1.82, 2.24) is 15.1 Å². The lowest BCUT2D eigenvalue weighted by molar-refractivity contribution is -0.124. The van der Waals surface area contributed by atoms with Crippen molar-refractivity contribution in [3.05, 3.63) is 17.5 Å². The van der Waals surface area contributed by atoms with Crippen LogP contribution in [0.1, 0.15) is 24.1 Å². The summed E-state index contributed by atoms with van der Waals surface area (Å²) < 4.78 is 1.78. The second-order valence-electron chi connectivity index (χ2n) is 4.51. The van der Waals surface area contributed by atoms with E-state index in [9.17, 15) is 4.79 Å². The molecule has 1 aliphatic rings. The first-order valence-corrected chi connectivity index (χ1v) is 5.94. The summed E-state index contributed by atoms with van der Waals surface area (Å²) in [5, 5.41) is 7.00. The predicted octanol–water partition coefficient (Wildman–Crippen LogP) is 0.411. The van der Waals surface area contributed by atoms with Crippen molar-refractivity contribution in [1.29, 1.82) is 0 Å². The summed E-state index contributed by atoms with van der Waals surface area (Å²) in [4.78, 5) is 12.3. The van der Waals surface area contributed by atoms with E-state index in [4.69, 9.17) is 18.0 Å². The molecule has 92 valence electrons. The van der Waals surface area contributed by atoms with Gasteiger partial charge >= 0.3 is 0 Å². The van der Waals surface area contributed by atoms with Gasteiger partial charge in [0, 0.05) is 24.8 Å². The Morgan fingerprint density at radius 3 is 2.76 bits per heavy atom. The third kappa shape index (κ3) is 2.04. The summed E-state index contributed by atoms with van der Waals surface area (Å²) in [5.74, 6) is -0.0618. The number of amides is 1. The van der Waals surface area contributed by atoms with Crippen molar-refractivity contribution in [3.63, 3.8) is 0 Å². The number of hydrogen-bond donors (Lipinski definition) is 2. The van der Waals surface area contributed by atoms with Crippen molar-refractivity contribution >= 4 is 23.1 Å². The SMILES string of the molecule is Cc1c(CNC(=O)C2(C(N)=S)CC2)cnn1C. The topological polar surface area (TPSA) is 72.9 Å². The number of carbonyl (C=O) groups excluding carboxylic acids is 1. The molecule has 2 rings (SSSR count). The molecule has 1 aromatic rings. The predicted molar refractivity (Wildman–Crippen MR) is 68.2 cm³/mol. The first-order chi connectivity index (χ1) is 7.97. The van der Waals surface area contributed by atoms with E-state index in [2.05, 4.69) is 10.4 Å². The van der Waals surface area contributed by atoms with Crippen molar-refractivity contribution in [2.45, 2.75) is 26.3 Å². The van der Waals surface area contributed by atoms with Crippen molar-refractivity contribution in [3.8, 4) is 0 Å². The van der Waals surface area contributed by atoms with Crippen molar-refractivity contribution in [2.75, 3.05) is 0 Å². The minimum atomic E-state index is -0.578. The molecular weight excluding hydrogens is 236 g/mol. The molecule has 0 radical (unpaired) electrons. The molecule has 0 bridgehead atoms. The van der Waals surface area contributed by atoms with Crippen molar-refractivity contribution in [2.24, 2.45) is 18.2 Å². The number of aryl methyl sites for hydroxylation is 1. The molecule has 0 aliphatic heterocycles. The summed E-state index contributed by atoms with van der Waals surface area (Å²) in [6, 6.07) is 0. The standard InChI is InChI=1S/C11H16N4OS/c1-7-8(6-14-15(7)2)5-13-10(16)11(3-4-11)9(12)17/h6H,3-5H2,1-2H3,(H2,12,17)(H,13,16). The lowest BCUT2D eigenvalue weighted by Gasteiger charge is -2.13. The Balaban J connectivity index is 1.98. The van der Waals surface area contributed by atoms with Crippen LogP contribution in [0.5, 0.6) is 0 Å². The summed E-state index contributed by atoms with van der Waals surface area (Å²) in [6.07, 6.45) is 3.29. The van der Waals surface area contributed by atoms with Gasteiger partial charge in [0.2, 0.25) is 5.91 Å². The molecule has 0 spiro atoms. The van der Waals surface area contributed by atoms with Gasteiger partial charge in [-0.05, 0) is 19.8 Å². The Labute approximate surface area is 105 Å². The Hall–Kier alpha value is -1.43. The second kappa shape index (κ2) is 4.10. The fourth-order valence-electron chi connectivity index (χ4n) is 1.77. The van der Waals surface area contributed by atoms with Crippen LogP contribution in [0, 0.1) is 12.3 Å². The molecule has 1 heterocycles. The van der Waals surface area contributed by atoms with E-state index in [-0.39, 0.29) is 5.91 Å². The Morgan fingerprint density at radius 1 is 1.71 bits per heavy atom. The van der Waals surface area contributed by atoms with E-state index in [1.165, 1.54) is 0 Å². The third-order valence-electron chi connectivity index (χ3n) is 3.43. The molecule has 1 fully saturated rings. The molecule has 0 atom stereocenters. The van der Waals surface area contributed by atoms with Gasteiger partial charge in [0.1, 0.15) is 0 Å². The van der Waals surface area contributed by atoms with Crippen LogP contribution in [-0.2, 0) is 18.4 Å². The summed E-state index contributed by atoms with van der Waals surface area (Å²) >= 11 is 4.93. The maximum absolute atomic E-state index is 12.0. The van der Waals surface area contributed by atoms with Gasteiger partial charge in [-0.15, -0.1) is 0 Å². The molecule has 17 heavy (non-hydrogen) atoms. The number of thiocarbonyl (C=S) groups is 1. The fraction of sp³-hybridized carbons (Fsp3) is 0.545. The summed E-state index contributed by atoms with van der Waals surface area (Å²) in [7, 11) is 1.87. The smallest absolute Gasteiger partial charge is 0.233 e. The average molecular weight is 252 g/mol. The lowest BCUT2D eigenvalue weighted by atomic mass is 10.1. The molecule has 3 N–H and O–H groups in total. The normalized spacial score (nSPS) is 16.6. The van der Waals surface area contributed by atoms with Crippen LogP contribution >= 0.6 is 12.2 Å². The van der Waals surface area contributed by atoms with Crippen LogP contribution in [0.15, 0.2) is 6.20 Å². The highest BCUT2D eigenvalue weighted by Gasteiger charge is 2.52. The van der Waals surface area contributed by atoms with Gasteiger partial charge in [-0.1, -0.05) is 12.2 Å². The maximum atomic E-state index is 12.0. The Bertz CT molecular complexity index is 476. The van der Waals surface area contributed by atoms with Crippen LogP contribution in [0.3, 0.4) is 0 Å². The van der Waals surface area contributed by atoms with Crippen LogP contribution < -0.4 is 11.1 Å². The van der Waals surface area contributed by atoms with Gasteiger partial charge in [-0.3, -0.25) is 9.48 Å². The van der Waals surface area contributed by atoms with E-state index in [0.717, 1.165) is 24.1 Å². The van der Waals surface area contributed by atoms with Gasteiger partial charge in [0.25, 0.3) is 0 Å². The zero-order valence-electron chi connectivity index (χ0n) is 9.99. The highest BCUT2D eigenvalue weighted by atomic mass is 32.1. The van der Waals surface area contributed by atoms with E-state index in [1.807, 2.05) is 14.0 Å². The van der Waals surface area contributed by atoms with Gasteiger partial charge in [-0.2, -0.15) is 5.10 Å². The van der Waals surface area contributed by atoms with Gasteiger partial charge in [-0.25, -0.2) is 0 Å². The number of nitrogens with zero attached hydrogens (tertiary/aromatic N) is 2. The first-order valence-electron chi connectivity index (χ1n) is 5.53. The number of rotatable bonds is 4. The molecule has 1 aliphatic carbocycles. The van der Waals surface area contributed by atoms with E-state index in [1.54, 1.807) is 10.9 Å². The van der Waals surface area contributed by atoms with Gasteiger partial charge in [0.05, 0.1) is 16.6 Å². The Morgan fingerprint density at radius 2 is 2.35 bits per heavy atom. The number of carbonyl (C=O) groups is 1. The van der Waals surface area contributed by atoms with Gasteiger partial charge in [0.15, 0.2) is 0 Å². The second-order valence-corrected chi connectivity index (χ2v) is 4.95. The van der Waals surface area contributed by atoms with Crippen LogP contribution in [0.25, 0.3) is 0 Å². The van der Waals surface area contributed by atoms with Crippen LogP contribution in [-0.4, -0.2) is 20.7 Å². The number of aromatic nitrogens is 2. The Kier molecular flexibility index (Phi) is 2.91. The van der Waals surface area contributed by atoms with E-state index < -0.39 is 5.41 Å². The molecule has 0 saturated heterocycles. The van der Waals surface area contributed by atoms with Crippen LogP contribution in [0.2, 0.25) is 0 Å². The molecule has 1 aromatic heterocycles. The number of nitrogens with two attached hydrogens (primary N) is 1.